The van der Waals surface area contributed by atoms with E-state index in [0.29, 0.717) is 22.5 Å². The van der Waals surface area contributed by atoms with E-state index >= 15 is 0 Å². The van der Waals surface area contributed by atoms with Crippen LogP contribution in [0, 0.1) is 11.7 Å². The summed E-state index contributed by atoms with van der Waals surface area (Å²) in [6.45, 7) is 7.37. The third-order valence-corrected chi connectivity index (χ3v) is 5.94. The summed E-state index contributed by atoms with van der Waals surface area (Å²) in [5.74, 6) is 0.153. The summed E-state index contributed by atoms with van der Waals surface area (Å²) in [6.07, 6.45) is 2.03. The van der Waals surface area contributed by atoms with Crippen LogP contribution in [0.2, 0.25) is 5.02 Å². The van der Waals surface area contributed by atoms with Crippen molar-refractivity contribution in [1.29, 1.82) is 0 Å². The first-order valence-corrected chi connectivity index (χ1v) is 9.46. The first-order chi connectivity index (χ1) is 12.1. The van der Waals surface area contributed by atoms with E-state index < -0.39 is 5.82 Å². The van der Waals surface area contributed by atoms with Crippen LogP contribution in [0.4, 0.5) is 4.39 Å². The number of nitrogens with zero attached hydrogens (tertiary/aromatic N) is 2. The molecule has 4 nitrogen and oxygen atoms in total. The van der Waals surface area contributed by atoms with Crippen LogP contribution in [0.15, 0.2) is 18.2 Å². The number of carbonyl (C=O) groups excluding carboxylic acids is 1. The lowest BCUT2D eigenvalue weighted by Gasteiger charge is -2.41. The first kappa shape index (κ1) is 18.6. The van der Waals surface area contributed by atoms with Crippen LogP contribution in [-0.4, -0.2) is 61.1 Å². The Morgan fingerprint density at radius 2 is 1.96 bits per heavy atom. The number of carbonyl (C=O) groups is 1. The Balaban J connectivity index is 1.52. The fourth-order valence-corrected chi connectivity index (χ4v) is 4.11. The van der Waals surface area contributed by atoms with Gasteiger partial charge in [-0.3, -0.25) is 9.69 Å². The minimum absolute atomic E-state index is 0.0369. The molecule has 2 heterocycles. The van der Waals surface area contributed by atoms with Crippen LogP contribution in [0.25, 0.3) is 0 Å². The van der Waals surface area contributed by atoms with Crippen LogP contribution < -0.4 is 0 Å². The minimum atomic E-state index is -0.406. The molecule has 138 valence electrons. The van der Waals surface area contributed by atoms with Crippen LogP contribution in [-0.2, 0) is 16.0 Å². The van der Waals surface area contributed by atoms with E-state index in [1.807, 2.05) is 4.90 Å². The highest BCUT2D eigenvalue weighted by atomic mass is 35.5. The van der Waals surface area contributed by atoms with E-state index in [2.05, 4.69) is 11.8 Å². The van der Waals surface area contributed by atoms with Gasteiger partial charge in [0.15, 0.2) is 0 Å². The van der Waals surface area contributed by atoms with E-state index in [-0.39, 0.29) is 12.3 Å². The molecule has 2 aliphatic rings. The Morgan fingerprint density at radius 1 is 1.28 bits per heavy atom. The maximum atomic E-state index is 13.9. The lowest BCUT2D eigenvalue weighted by molar-refractivity contribution is -0.132. The van der Waals surface area contributed by atoms with Crippen molar-refractivity contribution in [3.05, 3.63) is 34.6 Å². The monoisotopic (exact) mass is 368 g/mol. The quantitative estimate of drug-likeness (QED) is 0.819. The number of piperidine rings is 1. The molecule has 0 unspecified atom stereocenters. The van der Waals surface area contributed by atoms with Gasteiger partial charge in [0.1, 0.15) is 5.82 Å². The lowest BCUT2D eigenvalue weighted by atomic mass is 9.89. The summed E-state index contributed by atoms with van der Waals surface area (Å²) in [5.41, 5.74) is 0.304. The van der Waals surface area contributed by atoms with Crippen LogP contribution in [0.3, 0.4) is 0 Å². The molecule has 25 heavy (non-hydrogen) atoms. The predicted molar refractivity (Wildman–Crippen MR) is 96.3 cm³/mol. The van der Waals surface area contributed by atoms with E-state index in [1.165, 1.54) is 6.07 Å². The number of hydrogen-bond donors (Lipinski definition) is 0. The number of benzene rings is 1. The van der Waals surface area contributed by atoms with Gasteiger partial charge in [-0.2, -0.15) is 0 Å². The van der Waals surface area contributed by atoms with Crippen molar-refractivity contribution in [2.75, 3.05) is 39.4 Å². The zero-order valence-corrected chi connectivity index (χ0v) is 15.5. The second kappa shape index (κ2) is 8.47. The average molecular weight is 369 g/mol. The Morgan fingerprint density at radius 3 is 2.60 bits per heavy atom. The molecule has 2 aliphatic heterocycles. The Labute approximate surface area is 153 Å². The van der Waals surface area contributed by atoms with E-state index in [0.717, 1.165) is 52.2 Å². The van der Waals surface area contributed by atoms with Gasteiger partial charge in [-0.15, -0.1) is 0 Å². The molecule has 0 aliphatic carbocycles. The third kappa shape index (κ3) is 4.52. The van der Waals surface area contributed by atoms with Crippen LogP contribution in [0.5, 0.6) is 0 Å². The second-order valence-electron chi connectivity index (χ2n) is 6.98. The van der Waals surface area contributed by atoms with Gasteiger partial charge in [0, 0.05) is 42.8 Å². The van der Waals surface area contributed by atoms with Gasteiger partial charge >= 0.3 is 0 Å². The van der Waals surface area contributed by atoms with Crippen molar-refractivity contribution in [1.82, 2.24) is 9.80 Å². The second-order valence-corrected chi connectivity index (χ2v) is 7.39. The number of morpholine rings is 1. The highest BCUT2D eigenvalue weighted by molar-refractivity contribution is 6.31. The molecule has 0 bridgehead atoms. The highest BCUT2D eigenvalue weighted by Crippen LogP contribution is 2.26. The first-order valence-electron chi connectivity index (χ1n) is 9.08. The lowest BCUT2D eigenvalue weighted by Crippen LogP contribution is -2.49. The third-order valence-electron chi connectivity index (χ3n) is 5.59. The molecule has 0 radical (unpaired) electrons. The van der Waals surface area contributed by atoms with E-state index in [4.69, 9.17) is 16.3 Å². The van der Waals surface area contributed by atoms with Crippen molar-refractivity contribution >= 4 is 17.5 Å². The molecule has 1 aromatic carbocycles. The van der Waals surface area contributed by atoms with Gasteiger partial charge in [0.2, 0.25) is 5.91 Å². The number of halogens is 2. The number of ether oxygens (including phenoxy) is 1. The minimum Gasteiger partial charge on any atom is -0.379 e. The number of likely N-dealkylation sites (tertiary alicyclic amines) is 1. The molecule has 0 N–H and O–H groups in total. The fourth-order valence-electron chi connectivity index (χ4n) is 3.88. The summed E-state index contributed by atoms with van der Waals surface area (Å²) >= 11 is 6.04. The maximum Gasteiger partial charge on any atom is 0.227 e. The van der Waals surface area contributed by atoms with Crippen molar-refractivity contribution in [3.8, 4) is 0 Å². The molecular formula is C19H26ClFN2O2. The van der Waals surface area contributed by atoms with Crippen molar-refractivity contribution in [2.45, 2.75) is 32.2 Å². The standard InChI is InChI=1S/C19H26ClFN2O2/c1-14(22-9-11-25-12-10-22)15-5-7-23(8-6-15)19(24)13-16-17(20)3-2-4-18(16)21/h2-4,14-15H,5-13H2,1H3/t14-/m1/s1. The van der Waals surface area contributed by atoms with Gasteiger partial charge in [-0.1, -0.05) is 17.7 Å². The molecule has 2 saturated heterocycles. The largest absolute Gasteiger partial charge is 0.379 e. The van der Waals surface area contributed by atoms with Gasteiger partial charge < -0.3 is 9.64 Å². The van der Waals surface area contributed by atoms with Crippen LogP contribution >= 0.6 is 11.6 Å². The van der Waals surface area contributed by atoms with Gasteiger partial charge in [0.25, 0.3) is 0 Å². The number of rotatable bonds is 4. The normalized spacial score (nSPS) is 21.3. The zero-order valence-electron chi connectivity index (χ0n) is 14.7. The van der Waals surface area contributed by atoms with E-state index in [1.54, 1.807) is 12.1 Å². The number of amides is 1. The Bertz CT molecular complexity index is 579. The molecule has 1 aromatic rings. The molecule has 2 fully saturated rings. The molecule has 1 amide bonds. The maximum absolute atomic E-state index is 13.9. The molecule has 0 aromatic heterocycles. The average Bonchev–Trinajstić information content (AvgIpc) is 2.65. The van der Waals surface area contributed by atoms with Crippen molar-refractivity contribution < 1.29 is 13.9 Å². The fraction of sp³-hybridized carbons (Fsp3) is 0.632. The predicted octanol–water partition coefficient (Wildman–Crippen LogP) is 2.98. The van der Waals surface area contributed by atoms with Crippen LogP contribution in [0.1, 0.15) is 25.3 Å². The van der Waals surface area contributed by atoms with E-state index in [9.17, 15) is 9.18 Å². The molecule has 6 heteroatoms. The Kier molecular flexibility index (Phi) is 6.31. The molecule has 0 saturated carbocycles. The molecule has 3 rings (SSSR count). The molecule has 0 spiro atoms. The summed E-state index contributed by atoms with van der Waals surface area (Å²) in [5, 5.41) is 0.323. The van der Waals surface area contributed by atoms with Crippen molar-refractivity contribution in [3.63, 3.8) is 0 Å². The van der Waals surface area contributed by atoms with Gasteiger partial charge in [-0.05, 0) is 37.8 Å². The van der Waals surface area contributed by atoms with Crippen molar-refractivity contribution in [2.24, 2.45) is 5.92 Å². The zero-order chi connectivity index (χ0) is 17.8. The smallest absolute Gasteiger partial charge is 0.227 e. The summed E-state index contributed by atoms with van der Waals surface area (Å²) in [7, 11) is 0. The SMILES string of the molecule is C[C@H](C1CCN(C(=O)Cc2c(F)cccc2Cl)CC1)N1CCOCC1. The van der Waals surface area contributed by atoms with Gasteiger partial charge in [0.05, 0.1) is 19.6 Å². The molecular weight excluding hydrogens is 343 g/mol. The Hall–Kier alpha value is -1.17. The van der Waals surface area contributed by atoms with Gasteiger partial charge in [-0.25, -0.2) is 4.39 Å². The topological polar surface area (TPSA) is 32.8 Å². The summed E-state index contributed by atoms with van der Waals surface area (Å²) < 4.78 is 19.3. The number of hydrogen-bond acceptors (Lipinski definition) is 3. The molecule has 1 atom stereocenters. The highest BCUT2D eigenvalue weighted by Gasteiger charge is 2.30. The summed E-state index contributed by atoms with van der Waals surface area (Å²) in [6, 6.07) is 5.06. The summed E-state index contributed by atoms with van der Waals surface area (Å²) in [4.78, 5) is 16.9.